The van der Waals surface area contributed by atoms with Crippen molar-refractivity contribution in [3.05, 3.63) is 23.8 Å². The molecule has 1 heterocycles. The smallest absolute Gasteiger partial charge is 0.0231 e. The molecule has 1 saturated heterocycles. The maximum Gasteiger partial charge on any atom is 0.0231 e. The van der Waals surface area contributed by atoms with E-state index in [0.29, 0.717) is 0 Å². The summed E-state index contributed by atoms with van der Waals surface area (Å²) < 4.78 is 0. The van der Waals surface area contributed by atoms with Crippen molar-refractivity contribution in [3.63, 3.8) is 0 Å². The van der Waals surface area contributed by atoms with Crippen molar-refractivity contribution >= 4 is 0 Å². The molecule has 2 aliphatic rings. The zero-order chi connectivity index (χ0) is 9.64. The van der Waals surface area contributed by atoms with Crippen LogP contribution in [0.2, 0.25) is 0 Å². The molecule has 2 heteroatoms. The van der Waals surface area contributed by atoms with Gasteiger partial charge in [0, 0.05) is 32.7 Å². The molecule has 2 rings (SSSR count). The molecular weight excluding hydrogens is 172 g/mol. The molecule has 0 aromatic rings. The Morgan fingerprint density at radius 3 is 2.93 bits per heavy atom. The Balaban J connectivity index is 1.85. The Hall–Kier alpha value is -0.600. The van der Waals surface area contributed by atoms with Gasteiger partial charge in [-0.15, -0.1) is 0 Å². The molecular formula is C12H20N2. The molecule has 78 valence electrons. The number of piperazine rings is 1. The maximum atomic E-state index is 3.39. The third-order valence-electron chi connectivity index (χ3n) is 2.93. The number of nitrogens with one attached hydrogen (secondary N) is 1. The number of allylic oxidation sites excluding steroid dienone is 2. The Morgan fingerprint density at radius 2 is 2.07 bits per heavy atom. The summed E-state index contributed by atoms with van der Waals surface area (Å²) in [5.41, 5.74) is 1.52. The van der Waals surface area contributed by atoms with Gasteiger partial charge in [-0.25, -0.2) is 0 Å². The first kappa shape index (κ1) is 9.94. The number of hydrogen-bond acceptors (Lipinski definition) is 2. The van der Waals surface area contributed by atoms with Crippen LogP contribution in [-0.4, -0.2) is 37.6 Å². The van der Waals surface area contributed by atoms with Gasteiger partial charge in [0.15, 0.2) is 0 Å². The number of rotatable bonds is 2. The van der Waals surface area contributed by atoms with Gasteiger partial charge in [-0.1, -0.05) is 18.2 Å². The normalized spacial score (nSPS) is 24.4. The van der Waals surface area contributed by atoms with E-state index in [0.717, 1.165) is 19.6 Å². The highest BCUT2D eigenvalue weighted by Gasteiger charge is 2.10. The molecule has 0 aromatic carbocycles. The van der Waals surface area contributed by atoms with Crippen LogP contribution in [0.4, 0.5) is 0 Å². The average Bonchev–Trinajstić information content (AvgIpc) is 2.48. The summed E-state index contributed by atoms with van der Waals surface area (Å²) in [5, 5.41) is 3.39. The fourth-order valence-electron chi connectivity index (χ4n) is 2.07. The second kappa shape index (κ2) is 5.32. The van der Waals surface area contributed by atoms with E-state index in [9.17, 15) is 0 Å². The average molecular weight is 192 g/mol. The van der Waals surface area contributed by atoms with Gasteiger partial charge in [-0.3, -0.25) is 4.90 Å². The van der Waals surface area contributed by atoms with Crippen molar-refractivity contribution in [2.24, 2.45) is 0 Å². The maximum absolute atomic E-state index is 3.39. The van der Waals surface area contributed by atoms with Gasteiger partial charge in [-0.05, 0) is 24.8 Å². The van der Waals surface area contributed by atoms with E-state index in [1.54, 1.807) is 0 Å². The molecule has 0 amide bonds. The standard InChI is InChI=1S/C12H20N2/c1-2-4-6-12(5-3-1)11-14-9-7-13-8-10-14/h3,5-6,13H,1-2,4,7-11H2. The molecule has 0 spiro atoms. The zero-order valence-corrected chi connectivity index (χ0v) is 8.84. The van der Waals surface area contributed by atoms with Crippen LogP contribution in [0, 0.1) is 0 Å². The lowest BCUT2D eigenvalue weighted by molar-refractivity contribution is 0.261. The van der Waals surface area contributed by atoms with Gasteiger partial charge in [0.1, 0.15) is 0 Å². The molecule has 0 radical (unpaired) electrons. The van der Waals surface area contributed by atoms with Crippen LogP contribution in [0.25, 0.3) is 0 Å². The summed E-state index contributed by atoms with van der Waals surface area (Å²) in [5.74, 6) is 0. The van der Waals surface area contributed by atoms with Gasteiger partial charge in [0.05, 0.1) is 0 Å². The quantitative estimate of drug-likeness (QED) is 0.714. The van der Waals surface area contributed by atoms with Crippen molar-refractivity contribution < 1.29 is 0 Å². The summed E-state index contributed by atoms with van der Waals surface area (Å²) >= 11 is 0. The second-order valence-electron chi connectivity index (χ2n) is 4.14. The predicted octanol–water partition coefficient (Wildman–Crippen LogP) is 1.56. The van der Waals surface area contributed by atoms with Gasteiger partial charge >= 0.3 is 0 Å². The van der Waals surface area contributed by atoms with Crippen LogP contribution < -0.4 is 5.32 Å². The molecule has 1 aliphatic heterocycles. The fraction of sp³-hybridized carbons (Fsp3) is 0.667. The molecule has 1 aliphatic carbocycles. The molecule has 0 saturated carbocycles. The summed E-state index contributed by atoms with van der Waals surface area (Å²) in [6, 6.07) is 0. The van der Waals surface area contributed by atoms with Crippen LogP contribution in [0.1, 0.15) is 19.3 Å². The predicted molar refractivity (Wildman–Crippen MR) is 60.4 cm³/mol. The van der Waals surface area contributed by atoms with Crippen molar-refractivity contribution in [1.29, 1.82) is 0 Å². The van der Waals surface area contributed by atoms with Crippen LogP contribution in [0.5, 0.6) is 0 Å². The van der Waals surface area contributed by atoms with Crippen molar-refractivity contribution in [2.75, 3.05) is 32.7 Å². The van der Waals surface area contributed by atoms with E-state index in [4.69, 9.17) is 0 Å². The van der Waals surface area contributed by atoms with E-state index in [1.807, 2.05) is 0 Å². The van der Waals surface area contributed by atoms with Crippen LogP contribution in [0.3, 0.4) is 0 Å². The molecule has 0 aromatic heterocycles. The fourth-order valence-corrected chi connectivity index (χ4v) is 2.07. The lowest BCUT2D eigenvalue weighted by atomic mass is 10.2. The highest BCUT2D eigenvalue weighted by molar-refractivity contribution is 5.21. The Kier molecular flexibility index (Phi) is 3.78. The third kappa shape index (κ3) is 2.96. The van der Waals surface area contributed by atoms with Gasteiger partial charge < -0.3 is 5.32 Å². The molecule has 0 bridgehead atoms. The van der Waals surface area contributed by atoms with E-state index in [1.165, 1.54) is 37.9 Å². The summed E-state index contributed by atoms with van der Waals surface area (Å²) in [7, 11) is 0. The summed E-state index contributed by atoms with van der Waals surface area (Å²) in [4.78, 5) is 2.54. The third-order valence-corrected chi connectivity index (χ3v) is 2.93. The largest absolute Gasteiger partial charge is 0.314 e. The van der Waals surface area contributed by atoms with Gasteiger partial charge in [0.2, 0.25) is 0 Å². The molecule has 0 atom stereocenters. The van der Waals surface area contributed by atoms with E-state index < -0.39 is 0 Å². The minimum atomic E-state index is 1.15. The monoisotopic (exact) mass is 192 g/mol. The van der Waals surface area contributed by atoms with E-state index in [2.05, 4.69) is 28.4 Å². The lowest BCUT2D eigenvalue weighted by Gasteiger charge is -2.27. The summed E-state index contributed by atoms with van der Waals surface area (Å²) in [6.45, 7) is 5.85. The number of hydrogen-bond donors (Lipinski definition) is 1. The Bertz CT molecular complexity index is 224. The first-order valence-electron chi connectivity index (χ1n) is 5.74. The lowest BCUT2D eigenvalue weighted by Crippen LogP contribution is -2.44. The summed E-state index contributed by atoms with van der Waals surface area (Å²) in [6.07, 6.45) is 10.9. The van der Waals surface area contributed by atoms with Gasteiger partial charge in [-0.2, -0.15) is 0 Å². The Labute approximate surface area is 86.7 Å². The van der Waals surface area contributed by atoms with Crippen molar-refractivity contribution in [3.8, 4) is 0 Å². The van der Waals surface area contributed by atoms with E-state index >= 15 is 0 Å². The van der Waals surface area contributed by atoms with Crippen LogP contribution >= 0.6 is 0 Å². The zero-order valence-electron chi connectivity index (χ0n) is 8.84. The van der Waals surface area contributed by atoms with Crippen molar-refractivity contribution in [1.82, 2.24) is 10.2 Å². The highest BCUT2D eigenvalue weighted by Crippen LogP contribution is 2.11. The Morgan fingerprint density at radius 1 is 1.21 bits per heavy atom. The highest BCUT2D eigenvalue weighted by atomic mass is 15.2. The van der Waals surface area contributed by atoms with Crippen molar-refractivity contribution in [2.45, 2.75) is 19.3 Å². The number of nitrogens with zero attached hydrogens (tertiary/aromatic N) is 1. The van der Waals surface area contributed by atoms with Crippen LogP contribution in [0.15, 0.2) is 23.8 Å². The minimum Gasteiger partial charge on any atom is -0.314 e. The molecule has 0 unspecified atom stereocenters. The minimum absolute atomic E-state index is 1.15. The molecule has 1 N–H and O–H groups in total. The topological polar surface area (TPSA) is 15.3 Å². The molecule has 2 nitrogen and oxygen atoms in total. The molecule has 1 fully saturated rings. The second-order valence-corrected chi connectivity index (χ2v) is 4.14. The first-order chi connectivity index (χ1) is 6.95. The van der Waals surface area contributed by atoms with Gasteiger partial charge in [0.25, 0.3) is 0 Å². The van der Waals surface area contributed by atoms with E-state index in [-0.39, 0.29) is 0 Å². The SMILES string of the molecule is C1=CC(CN2CCNCC2)=CCCC1. The van der Waals surface area contributed by atoms with Crippen LogP contribution in [-0.2, 0) is 0 Å². The first-order valence-corrected chi connectivity index (χ1v) is 5.74. The molecule has 14 heavy (non-hydrogen) atoms.